The standard InChI is InChI=1S/C13H23NO/c1-8(2)10-9(3)11(10)12(15)14-6-13(4,5)7-14/h8-11H,6-7H2,1-5H3. The maximum Gasteiger partial charge on any atom is 0.226 e. The minimum absolute atomic E-state index is 0.334. The van der Waals surface area contributed by atoms with Crippen molar-refractivity contribution in [2.75, 3.05) is 13.1 Å². The molecule has 2 rings (SSSR count). The highest BCUT2D eigenvalue weighted by molar-refractivity contribution is 5.83. The van der Waals surface area contributed by atoms with E-state index in [0.717, 1.165) is 13.1 Å². The monoisotopic (exact) mass is 209 g/mol. The van der Waals surface area contributed by atoms with Crippen molar-refractivity contribution in [2.24, 2.45) is 29.1 Å². The van der Waals surface area contributed by atoms with Crippen LogP contribution in [0.3, 0.4) is 0 Å². The molecule has 0 aromatic carbocycles. The van der Waals surface area contributed by atoms with E-state index in [2.05, 4.69) is 34.6 Å². The maximum atomic E-state index is 12.1. The molecule has 2 nitrogen and oxygen atoms in total. The number of carbonyl (C=O) groups excluding carboxylic acids is 1. The summed E-state index contributed by atoms with van der Waals surface area (Å²) in [6.45, 7) is 13.1. The van der Waals surface area contributed by atoms with Crippen molar-refractivity contribution in [1.29, 1.82) is 0 Å². The van der Waals surface area contributed by atoms with E-state index in [1.54, 1.807) is 0 Å². The predicted octanol–water partition coefficient (Wildman–Crippen LogP) is 2.39. The molecule has 86 valence electrons. The Bertz CT molecular complexity index is 274. The van der Waals surface area contributed by atoms with Gasteiger partial charge in [0.2, 0.25) is 5.91 Å². The van der Waals surface area contributed by atoms with Crippen LogP contribution in [0.4, 0.5) is 0 Å². The van der Waals surface area contributed by atoms with Crippen LogP contribution in [0.5, 0.6) is 0 Å². The Labute approximate surface area is 93.0 Å². The summed E-state index contributed by atoms with van der Waals surface area (Å²) in [6, 6.07) is 0. The second-order valence-corrected chi connectivity index (χ2v) is 6.56. The highest BCUT2D eigenvalue weighted by Crippen LogP contribution is 2.52. The summed E-state index contributed by atoms with van der Waals surface area (Å²) in [5, 5.41) is 0. The number of nitrogens with zero attached hydrogens (tertiary/aromatic N) is 1. The summed E-state index contributed by atoms with van der Waals surface area (Å²) in [5.41, 5.74) is 0.362. The summed E-state index contributed by atoms with van der Waals surface area (Å²) < 4.78 is 0. The van der Waals surface area contributed by atoms with E-state index in [1.807, 2.05) is 4.90 Å². The van der Waals surface area contributed by atoms with Crippen LogP contribution in [0.1, 0.15) is 34.6 Å². The lowest BCUT2D eigenvalue weighted by atomic mass is 9.84. The minimum atomic E-state index is 0.334. The van der Waals surface area contributed by atoms with E-state index in [1.165, 1.54) is 0 Å². The summed E-state index contributed by atoms with van der Waals surface area (Å²) >= 11 is 0. The Kier molecular flexibility index (Phi) is 2.36. The Balaban J connectivity index is 1.89. The quantitative estimate of drug-likeness (QED) is 0.684. The third-order valence-corrected chi connectivity index (χ3v) is 4.05. The fourth-order valence-corrected chi connectivity index (χ4v) is 3.26. The molecule has 1 saturated carbocycles. The molecular formula is C13H23NO. The molecule has 0 N–H and O–H groups in total. The lowest BCUT2D eigenvalue weighted by molar-refractivity contribution is -0.143. The van der Waals surface area contributed by atoms with Gasteiger partial charge in [-0.05, 0) is 23.2 Å². The van der Waals surface area contributed by atoms with Gasteiger partial charge < -0.3 is 4.90 Å². The topological polar surface area (TPSA) is 20.3 Å². The van der Waals surface area contributed by atoms with Gasteiger partial charge in [-0.15, -0.1) is 0 Å². The molecule has 15 heavy (non-hydrogen) atoms. The minimum Gasteiger partial charge on any atom is -0.341 e. The third kappa shape index (κ3) is 1.79. The van der Waals surface area contributed by atoms with Crippen LogP contribution in [0.2, 0.25) is 0 Å². The molecule has 1 aliphatic heterocycles. The van der Waals surface area contributed by atoms with E-state index in [9.17, 15) is 4.79 Å². The number of rotatable bonds is 2. The maximum absolute atomic E-state index is 12.1. The molecule has 3 atom stereocenters. The van der Waals surface area contributed by atoms with Crippen molar-refractivity contribution in [3.05, 3.63) is 0 Å². The molecular weight excluding hydrogens is 186 g/mol. The van der Waals surface area contributed by atoms with Crippen LogP contribution in [0, 0.1) is 29.1 Å². The highest BCUT2D eigenvalue weighted by Gasteiger charge is 2.55. The molecule has 0 radical (unpaired) electrons. The van der Waals surface area contributed by atoms with Gasteiger partial charge in [-0.2, -0.15) is 0 Å². The van der Waals surface area contributed by atoms with Crippen LogP contribution < -0.4 is 0 Å². The zero-order valence-corrected chi connectivity index (χ0v) is 10.6. The molecule has 0 spiro atoms. The van der Waals surface area contributed by atoms with Crippen LogP contribution >= 0.6 is 0 Å². The molecule has 3 unspecified atom stereocenters. The van der Waals surface area contributed by atoms with Crippen molar-refractivity contribution in [2.45, 2.75) is 34.6 Å². The van der Waals surface area contributed by atoms with Crippen LogP contribution in [0.15, 0.2) is 0 Å². The first-order chi connectivity index (χ1) is 6.83. The molecule has 2 fully saturated rings. The number of amides is 1. The van der Waals surface area contributed by atoms with E-state index in [-0.39, 0.29) is 0 Å². The first kappa shape index (κ1) is 11.0. The van der Waals surface area contributed by atoms with Crippen molar-refractivity contribution in [3.8, 4) is 0 Å². The molecule has 2 aliphatic rings. The van der Waals surface area contributed by atoms with Crippen molar-refractivity contribution in [1.82, 2.24) is 4.90 Å². The van der Waals surface area contributed by atoms with Crippen LogP contribution in [-0.4, -0.2) is 23.9 Å². The average molecular weight is 209 g/mol. The highest BCUT2D eigenvalue weighted by atomic mass is 16.2. The lowest BCUT2D eigenvalue weighted by Crippen LogP contribution is -2.56. The number of hydrogen-bond donors (Lipinski definition) is 0. The zero-order chi connectivity index (χ0) is 11.4. The van der Waals surface area contributed by atoms with Gasteiger partial charge in [0.1, 0.15) is 0 Å². The Morgan fingerprint density at radius 3 is 2.20 bits per heavy atom. The zero-order valence-electron chi connectivity index (χ0n) is 10.6. The number of hydrogen-bond acceptors (Lipinski definition) is 1. The van der Waals surface area contributed by atoms with Crippen LogP contribution in [-0.2, 0) is 4.79 Å². The van der Waals surface area contributed by atoms with Gasteiger partial charge >= 0.3 is 0 Å². The average Bonchev–Trinajstić information content (AvgIpc) is 2.71. The second kappa shape index (κ2) is 3.23. The lowest BCUT2D eigenvalue weighted by Gasteiger charge is -2.46. The Morgan fingerprint density at radius 1 is 1.33 bits per heavy atom. The molecule has 0 aromatic rings. The van der Waals surface area contributed by atoms with E-state index in [4.69, 9.17) is 0 Å². The second-order valence-electron chi connectivity index (χ2n) is 6.56. The number of carbonyl (C=O) groups is 1. The first-order valence-corrected chi connectivity index (χ1v) is 6.12. The van der Waals surface area contributed by atoms with Gasteiger partial charge in [-0.25, -0.2) is 0 Å². The molecule has 1 heterocycles. The molecule has 1 saturated heterocycles. The summed E-state index contributed by atoms with van der Waals surface area (Å²) in [6.07, 6.45) is 0. The summed E-state index contributed by atoms with van der Waals surface area (Å²) in [5.74, 6) is 2.66. The van der Waals surface area contributed by atoms with Gasteiger partial charge in [0.25, 0.3) is 0 Å². The fraction of sp³-hybridized carbons (Fsp3) is 0.923. The Hall–Kier alpha value is -0.530. The largest absolute Gasteiger partial charge is 0.341 e. The van der Waals surface area contributed by atoms with Gasteiger partial charge in [-0.3, -0.25) is 4.79 Å². The Morgan fingerprint density at radius 2 is 1.87 bits per heavy atom. The SMILES string of the molecule is CC(C)C1C(C)C1C(=O)N1CC(C)(C)C1. The smallest absolute Gasteiger partial charge is 0.226 e. The predicted molar refractivity (Wildman–Crippen MR) is 61.3 cm³/mol. The van der Waals surface area contributed by atoms with Gasteiger partial charge in [0.05, 0.1) is 0 Å². The first-order valence-electron chi connectivity index (χ1n) is 6.12. The molecule has 0 bridgehead atoms. The van der Waals surface area contributed by atoms with Crippen molar-refractivity contribution in [3.63, 3.8) is 0 Å². The van der Waals surface area contributed by atoms with E-state index >= 15 is 0 Å². The van der Waals surface area contributed by atoms with E-state index in [0.29, 0.717) is 35.0 Å². The molecule has 2 heteroatoms. The molecule has 1 aliphatic carbocycles. The third-order valence-electron chi connectivity index (χ3n) is 4.05. The van der Waals surface area contributed by atoms with Gasteiger partial charge in [-0.1, -0.05) is 34.6 Å². The normalized spacial score (nSPS) is 37.7. The van der Waals surface area contributed by atoms with Gasteiger partial charge in [0.15, 0.2) is 0 Å². The van der Waals surface area contributed by atoms with Crippen molar-refractivity contribution < 1.29 is 4.79 Å². The summed E-state index contributed by atoms with van der Waals surface area (Å²) in [7, 11) is 0. The van der Waals surface area contributed by atoms with E-state index < -0.39 is 0 Å². The van der Waals surface area contributed by atoms with Crippen molar-refractivity contribution >= 4 is 5.91 Å². The molecule has 0 aromatic heterocycles. The number of likely N-dealkylation sites (tertiary alicyclic amines) is 1. The van der Waals surface area contributed by atoms with Crippen LogP contribution in [0.25, 0.3) is 0 Å². The van der Waals surface area contributed by atoms with Gasteiger partial charge in [0, 0.05) is 19.0 Å². The molecule has 1 amide bonds. The fourth-order valence-electron chi connectivity index (χ4n) is 3.26. The summed E-state index contributed by atoms with van der Waals surface area (Å²) in [4.78, 5) is 14.2.